The van der Waals surface area contributed by atoms with E-state index in [0.29, 0.717) is 11.6 Å². The van der Waals surface area contributed by atoms with Crippen LogP contribution in [0.25, 0.3) is 0 Å². The van der Waals surface area contributed by atoms with Gasteiger partial charge in [-0.05, 0) is 37.4 Å². The number of nitrogens with zero attached hydrogens (tertiary/aromatic N) is 2. The zero-order chi connectivity index (χ0) is 15.4. The number of ether oxygens (including phenoxy) is 2. The second-order valence-corrected chi connectivity index (χ2v) is 5.97. The van der Waals surface area contributed by atoms with Crippen molar-refractivity contribution in [2.45, 2.75) is 25.0 Å². The van der Waals surface area contributed by atoms with Crippen molar-refractivity contribution in [1.29, 1.82) is 0 Å². The summed E-state index contributed by atoms with van der Waals surface area (Å²) in [6.45, 7) is 3.62. The fourth-order valence-corrected chi connectivity index (χ4v) is 3.25. The number of rotatable bonds is 5. The average Bonchev–Trinajstić information content (AvgIpc) is 2.97. The van der Waals surface area contributed by atoms with Crippen LogP contribution in [0, 0.1) is 5.92 Å². The molecule has 2 aliphatic rings. The minimum absolute atomic E-state index is 0.0640. The highest BCUT2D eigenvalue weighted by molar-refractivity contribution is 5.94. The largest absolute Gasteiger partial charge is 0.383 e. The maximum absolute atomic E-state index is 12.3. The molecule has 1 N–H and O–H groups in total. The lowest BCUT2D eigenvalue weighted by Gasteiger charge is -2.33. The summed E-state index contributed by atoms with van der Waals surface area (Å²) in [6.07, 6.45) is 5.05. The standard InChI is InChI=1S/C16H23N3O3/c1-21-8-7-19-6-4-12-9-14(22-15(12)11-19)16(20)18-13-3-2-5-17-10-13/h2-3,5,10,12,14-15H,4,6-9,11H2,1H3,(H,18,20)/t12-,14-,15+/m1/s1. The number of carbonyl (C=O) groups excluding carboxylic acids is 1. The summed E-state index contributed by atoms with van der Waals surface area (Å²) in [4.78, 5) is 18.7. The molecule has 1 amide bonds. The van der Waals surface area contributed by atoms with Crippen LogP contribution in [0.2, 0.25) is 0 Å². The van der Waals surface area contributed by atoms with Crippen LogP contribution in [0.5, 0.6) is 0 Å². The van der Waals surface area contributed by atoms with Gasteiger partial charge in [0.1, 0.15) is 6.10 Å². The lowest BCUT2D eigenvalue weighted by Crippen LogP contribution is -2.43. The van der Waals surface area contributed by atoms with Gasteiger partial charge in [0, 0.05) is 26.4 Å². The van der Waals surface area contributed by atoms with E-state index in [1.54, 1.807) is 25.6 Å². The Morgan fingerprint density at radius 1 is 1.59 bits per heavy atom. The molecule has 2 fully saturated rings. The number of nitrogens with one attached hydrogen (secondary N) is 1. The van der Waals surface area contributed by atoms with E-state index in [1.165, 1.54) is 0 Å². The molecule has 2 saturated heterocycles. The Morgan fingerprint density at radius 2 is 2.50 bits per heavy atom. The quantitative estimate of drug-likeness (QED) is 0.884. The maximum Gasteiger partial charge on any atom is 0.253 e. The molecule has 22 heavy (non-hydrogen) atoms. The first-order valence-electron chi connectivity index (χ1n) is 7.84. The zero-order valence-electron chi connectivity index (χ0n) is 12.9. The van der Waals surface area contributed by atoms with Gasteiger partial charge in [0.15, 0.2) is 0 Å². The lowest BCUT2D eigenvalue weighted by atomic mass is 9.91. The first-order valence-corrected chi connectivity index (χ1v) is 7.84. The number of piperidine rings is 1. The van der Waals surface area contributed by atoms with E-state index in [-0.39, 0.29) is 18.1 Å². The van der Waals surface area contributed by atoms with Gasteiger partial charge in [0.2, 0.25) is 0 Å². The topological polar surface area (TPSA) is 63.7 Å². The minimum atomic E-state index is -0.349. The third-order valence-electron chi connectivity index (χ3n) is 4.47. The lowest BCUT2D eigenvalue weighted by molar-refractivity contribution is -0.127. The molecule has 6 heteroatoms. The van der Waals surface area contributed by atoms with Gasteiger partial charge in [-0.2, -0.15) is 0 Å². The summed E-state index contributed by atoms with van der Waals surface area (Å²) < 4.78 is 11.1. The van der Waals surface area contributed by atoms with Gasteiger partial charge >= 0.3 is 0 Å². The Labute approximate surface area is 130 Å². The molecule has 3 heterocycles. The van der Waals surface area contributed by atoms with E-state index < -0.39 is 0 Å². The number of fused-ring (bicyclic) bond motifs is 1. The van der Waals surface area contributed by atoms with Crippen molar-refractivity contribution in [3.8, 4) is 0 Å². The summed E-state index contributed by atoms with van der Waals surface area (Å²) in [5.41, 5.74) is 0.715. The summed E-state index contributed by atoms with van der Waals surface area (Å²) in [7, 11) is 1.72. The van der Waals surface area contributed by atoms with Crippen molar-refractivity contribution in [3.63, 3.8) is 0 Å². The first-order chi connectivity index (χ1) is 10.8. The molecule has 0 spiro atoms. The van der Waals surface area contributed by atoms with E-state index in [0.717, 1.165) is 39.1 Å². The fraction of sp³-hybridized carbons (Fsp3) is 0.625. The van der Waals surface area contributed by atoms with Crippen molar-refractivity contribution in [2.24, 2.45) is 5.92 Å². The van der Waals surface area contributed by atoms with Crippen LogP contribution in [0.4, 0.5) is 5.69 Å². The Bertz CT molecular complexity index is 497. The van der Waals surface area contributed by atoms with Crippen LogP contribution in [-0.4, -0.2) is 61.3 Å². The van der Waals surface area contributed by atoms with Gasteiger partial charge in [-0.15, -0.1) is 0 Å². The number of hydrogen-bond donors (Lipinski definition) is 1. The molecule has 0 aliphatic carbocycles. The first kappa shape index (κ1) is 15.4. The normalized spacial score (nSPS) is 28.3. The summed E-state index contributed by atoms with van der Waals surface area (Å²) in [5.74, 6) is 0.425. The number of anilines is 1. The van der Waals surface area contributed by atoms with E-state index in [2.05, 4.69) is 15.2 Å². The van der Waals surface area contributed by atoms with Crippen LogP contribution in [0.3, 0.4) is 0 Å². The number of amides is 1. The Hall–Kier alpha value is -1.50. The molecular formula is C16H23N3O3. The van der Waals surface area contributed by atoms with E-state index in [1.807, 2.05) is 6.07 Å². The van der Waals surface area contributed by atoms with E-state index >= 15 is 0 Å². The Morgan fingerprint density at radius 3 is 3.27 bits per heavy atom. The summed E-state index contributed by atoms with van der Waals surface area (Å²) in [6, 6.07) is 3.64. The minimum Gasteiger partial charge on any atom is -0.383 e. The van der Waals surface area contributed by atoms with Gasteiger partial charge in [-0.1, -0.05) is 0 Å². The van der Waals surface area contributed by atoms with Crippen molar-refractivity contribution in [3.05, 3.63) is 24.5 Å². The molecule has 0 radical (unpaired) electrons. The molecule has 3 atom stereocenters. The third-order valence-corrected chi connectivity index (χ3v) is 4.47. The van der Waals surface area contributed by atoms with Crippen molar-refractivity contribution >= 4 is 11.6 Å². The molecule has 1 aromatic heterocycles. The number of pyridine rings is 1. The highest BCUT2D eigenvalue weighted by Crippen LogP contribution is 2.33. The van der Waals surface area contributed by atoms with Gasteiger partial charge in [-0.25, -0.2) is 0 Å². The number of carbonyl (C=O) groups is 1. The highest BCUT2D eigenvalue weighted by atomic mass is 16.5. The van der Waals surface area contributed by atoms with Crippen molar-refractivity contribution in [1.82, 2.24) is 9.88 Å². The molecule has 0 aromatic carbocycles. The molecule has 120 valence electrons. The predicted molar refractivity (Wildman–Crippen MR) is 82.6 cm³/mol. The number of aromatic nitrogens is 1. The van der Waals surface area contributed by atoms with Gasteiger partial charge in [0.25, 0.3) is 5.91 Å². The molecule has 0 saturated carbocycles. The Kier molecular flexibility index (Phi) is 5.02. The van der Waals surface area contributed by atoms with E-state index in [9.17, 15) is 4.79 Å². The van der Waals surface area contributed by atoms with Gasteiger partial charge in [-0.3, -0.25) is 14.7 Å². The molecular weight excluding hydrogens is 282 g/mol. The van der Waals surface area contributed by atoms with Crippen LogP contribution >= 0.6 is 0 Å². The third kappa shape index (κ3) is 3.63. The molecule has 3 rings (SSSR count). The second kappa shape index (κ2) is 7.17. The van der Waals surface area contributed by atoms with Crippen LogP contribution in [-0.2, 0) is 14.3 Å². The van der Waals surface area contributed by atoms with Crippen LogP contribution in [0.1, 0.15) is 12.8 Å². The molecule has 0 bridgehead atoms. The SMILES string of the molecule is COCCN1CC[C@@H]2C[C@H](C(=O)Nc3cccnc3)O[C@H]2C1. The average molecular weight is 305 g/mol. The van der Waals surface area contributed by atoms with Crippen LogP contribution in [0.15, 0.2) is 24.5 Å². The fourth-order valence-electron chi connectivity index (χ4n) is 3.25. The smallest absolute Gasteiger partial charge is 0.253 e. The van der Waals surface area contributed by atoms with Gasteiger partial charge in [0.05, 0.1) is 24.6 Å². The molecule has 6 nitrogen and oxygen atoms in total. The summed E-state index contributed by atoms with van der Waals surface area (Å²) in [5, 5.41) is 2.88. The van der Waals surface area contributed by atoms with Crippen molar-refractivity contribution < 1.29 is 14.3 Å². The number of likely N-dealkylation sites (tertiary alicyclic amines) is 1. The monoisotopic (exact) mass is 305 g/mol. The highest BCUT2D eigenvalue weighted by Gasteiger charge is 2.41. The maximum atomic E-state index is 12.3. The second-order valence-electron chi connectivity index (χ2n) is 5.97. The van der Waals surface area contributed by atoms with Gasteiger partial charge < -0.3 is 14.8 Å². The summed E-state index contributed by atoms with van der Waals surface area (Å²) >= 11 is 0. The number of hydrogen-bond acceptors (Lipinski definition) is 5. The molecule has 2 aliphatic heterocycles. The van der Waals surface area contributed by atoms with E-state index in [4.69, 9.17) is 9.47 Å². The van der Waals surface area contributed by atoms with Crippen molar-refractivity contribution in [2.75, 3.05) is 38.7 Å². The molecule has 1 aromatic rings. The number of methoxy groups -OCH3 is 1. The Balaban J connectivity index is 1.52. The van der Waals surface area contributed by atoms with Crippen LogP contribution < -0.4 is 5.32 Å². The zero-order valence-corrected chi connectivity index (χ0v) is 12.9. The predicted octanol–water partition coefficient (Wildman–Crippen LogP) is 1.15. The molecule has 0 unspecified atom stereocenters.